The van der Waals surface area contributed by atoms with Gasteiger partial charge in [-0.3, -0.25) is 0 Å². The van der Waals surface area contributed by atoms with Crippen molar-refractivity contribution in [3.8, 4) is 5.69 Å². The molecule has 0 aromatic rings. The van der Waals surface area contributed by atoms with E-state index in [-0.39, 0.29) is 0 Å². The zero-order chi connectivity index (χ0) is 11.6. The van der Waals surface area contributed by atoms with E-state index in [1.165, 1.54) is 56.7 Å². The lowest BCUT2D eigenvalue weighted by molar-refractivity contribution is 0.801. The number of unbranched alkanes of at least 4 members (excludes halogenated alkanes) is 3. The van der Waals surface area contributed by atoms with Crippen LogP contribution in [0.3, 0.4) is 0 Å². The molecule has 1 nitrogen and oxygen atoms in total. The van der Waals surface area contributed by atoms with Crippen molar-refractivity contribution in [2.24, 2.45) is 0 Å². The highest BCUT2D eigenvalue weighted by Crippen LogP contribution is 2.27. The zero-order valence-corrected chi connectivity index (χ0v) is 11.8. The summed E-state index contributed by atoms with van der Waals surface area (Å²) in [6.45, 7) is 6.70. The maximum Gasteiger partial charge on any atom is 0.173 e. The molecule has 0 heterocycles. The molecule has 0 aromatic heterocycles. The molecule has 0 radical (unpaired) electrons. The Kier molecular flexibility index (Phi) is 8.80. The van der Waals surface area contributed by atoms with Crippen molar-refractivity contribution < 1.29 is 0 Å². The van der Waals surface area contributed by atoms with Gasteiger partial charge in [0.15, 0.2) is 8.07 Å². The Bertz CT molecular complexity index is 162. The highest BCUT2D eigenvalue weighted by atomic mass is 28.3. The first-order chi connectivity index (χ1) is 7.24. The van der Waals surface area contributed by atoms with E-state index < -0.39 is 8.07 Å². The topological polar surface area (TPSA) is 23.8 Å². The largest absolute Gasteiger partial charge is 0.207 e. The van der Waals surface area contributed by atoms with E-state index >= 15 is 0 Å². The highest BCUT2D eigenvalue weighted by Gasteiger charge is 2.31. The van der Waals surface area contributed by atoms with Gasteiger partial charge in [-0.05, 0) is 18.1 Å². The van der Waals surface area contributed by atoms with Gasteiger partial charge in [-0.1, -0.05) is 59.3 Å². The standard InChI is InChI=1S/C13H27NSi/c1-4-7-10-15(13-14,11-8-5-2)12-9-6-3/h4-12H2,1-3H3. The summed E-state index contributed by atoms with van der Waals surface area (Å²) in [4.78, 5) is 0. The van der Waals surface area contributed by atoms with E-state index in [9.17, 15) is 5.26 Å². The molecular formula is C13H27NSi. The molecule has 0 saturated heterocycles. The van der Waals surface area contributed by atoms with Crippen LogP contribution in [-0.2, 0) is 0 Å². The Morgan fingerprint density at radius 2 is 1.13 bits per heavy atom. The number of nitriles is 1. The van der Waals surface area contributed by atoms with Gasteiger partial charge in [0, 0.05) is 5.69 Å². The Balaban J connectivity index is 4.25. The van der Waals surface area contributed by atoms with Crippen molar-refractivity contribution in [3.63, 3.8) is 0 Å². The number of hydrogen-bond acceptors (Lipinski definition) is 1. The minimum absolute atomic E-state index is 1.24. The average Bonchev–Trinajstić information content (AvgIpc) is 2.29. The minimum atomic E-state index is -1.53. The van der Waals surface area contributed by atoms with Crippen LogP contribution in [0.1, 0.15) is 59.3 Å². The maximum atomic E-state index is 9.47. The van der Waals surface area contributed by atoms with Gasteiger partial charge in [-0.25, -0.2) is 5.26 Å². The van der Waals surface area contributed by atoms with Gasteiger partial charge in [0.1, 0.15) is 0 Å². The predicted molar refractivity (Wildman–Crippen MR) is 70.5 cm³/mol. The van der Waals surface area contributed by atoms with Crippen molar-refractivity contribution in [2.45, 2.75) is 77.4 Å². The lowest BCUT2D eigenvalue weighted by Gasteiger charge is -2.23. The molecule has 0 saturated carbocycles. The quantitative estimate of drug-likeness (QED) is 0.512. The molecule has 0 bridgehead atoms. The Morgan fingerprint density at radius 1 is 0.800 bits per heavy atom. The molecule has 15 heavy (non-hydrogen) atoms. The van der Waals surface area contributed by atoms with Crippen LogP contribution < -0.4 is 0 Å². The second-order valence-electron chi connectivity index (χ2n) is 4.70. The van der Waals surface area contributed by atoms with E-state index in [0.29, 0.717) is 0 Å². The molecule has 88 valence electrons. The van der Waals surface area contributed by atoms with Crippen LogP contribution in [0.25, 0.3) is 0 Å². The summed E-state index contributed by atoms with van der Waals surface area (Å²) >= 11 is 0. The van der Waals surface area contributed by atoms with E-state index in [2.05, 4.69) is 26.5 Å². The molecule has 0 atom stereocenters. The number of nitrogens with zero attached hydrogens (tertiary/aromatic N) is 1. The second kappa shape index (κ2) is 8.97. The van der Waals surface area contributed by atoms with Gasteiger partial charge < -0.3 is 0 Å². The van der Waals surface area contributed by atoms with Crippen LogP contribution in [0.2, 0.25) is 18.1 Å². The van der Waals surface area contributed by atoms with Crippen LogP contribution in [0.4, 0.5) is 0 Å². The Labute approximate surface area is 96.9 Å². The summed E-state index contributed by atoms with van der Waals surface area (Å²) < 4.78 is 0. The summed E-state index contributed by atoms with van der Waals surface area (Å²) in [5.41, 5.74) is 2.76. The van der Waals surface area contributed by atoms with Crippen molar-refractivity contribution in [1.82, 2.24) is 0 Å². The van der Waals surface area contributed by atoms with Crippen LogP contribution in [0, 0.1) is 11.0 Å². The van der Waals surface area contributed by atoms with Gasteiger partial charge >= 0.3 is 0 Å². The molecular weight excluding hydrogens is 198 g/mol. The third kappa shape index (κ3) is 5.99. The lowest BCUT2D eigenvalue weighted by atomic mass is 10.4. The summed E-state index contributed by atoms with van der Waals surface area (Å²) in [6, 6.07) is 3.75. The molecule has 0 rings (SSSR count). The fourth-order valence-corrected chi connectivity index (χ4v) is 6.26. The smallest absolute Gasteiger partial charge is 0.173 e. The monoisotopic (exact) mass is 225 g/mol. The van der Waals surface area contributed by atoms with Crippen molar-refractivity contribution in [2.75, 3.05) is 0 Å². The molecule has 0 aromatic carbocycles. The molecule has 0 N–H and O–H groups in total. The summed E-state index contributed by atoms with van der Waals surface area (Å²) in [5, 5.41) is 9.47. The van der Waals surface area contributed by atoms with Gasteiger partial charge in [0.2, 0.25) is 0 Å². The molecule has 0 aliphatic heterocycles. The summed E-state index contributed by atoms with van der Waals surface area (Å²) in [7, 11) is -1.53. The van der Waals surface area contributed by atoms with E-state index in [1.807, 2.05) is 0 Å². The molecule has 0 aliphatic rings. The van der Waals surface area contributed by atoms with E-state index in [0.717, 1.165) is 0 Å². The van der Waals surface area contributed by atoms with Crippen molar-refractivity contribution in [3.05, 3.63) is 0 Å². The van der Waals surface area contributed by atoms with Crippen LogP contribution in [-0.4, -0.2) is 8.07 Å². The van der Waals surface area contributed by atoms with Crippen molar-refractivity contribution >= 4 is 8.07 Å². The SMILES string of the molecule is CCCC[Si](C#N)(CCCC)CCCC. The Hall–Kier alpha value is -0.293. The third-order valence-corrected chi connectivity index (χ3v) is 7.67. The molecule has 0 amide bonds. The average molecular weight is 225 g/mol. The fourth-order valence-electron chi connectivity index (χ4n) is 2.09. The van der Waals surface area contributed by atoms with Crippen LogP contribution in [0.5, 0.6) is 0 Å². The molecule has 0 unspecified atom stereocenters. The minimum Gasteiger partial charge on any atom is -0.207 e. The first-order valence-electron chi connectivity index (χ1n) is 6.66. The van der Waals surface area contributed by atoms with Gasteiger partial charge in [-0.15, -0.1) is 0 Å². The maximum absolute atomic E-state index is 9.47. The van der Waals surface area contributed by atoms with Gasteiger partial charge in [0.25, 0.3) is 0 Å². The first-order valence-corrected chi connectivity index (χ1v) is 9.28. The Morgan fingerprint density at radius 3 is 1.33 bits per heavy atom. The van der Waals surface area contributed by atoms with E-state index in [4.69, 9.17) is 0 Å². The first kappa shape index (κ1) is 14.7. The summed E-state index contributed by atoms with van der Waals surface area (Å²) in [5.74, 6) is 0. The number of rotatable bonds is 9. The zero-order valence-electron chi connectivity index (χ0n) is 10.8. The highest BCUT2D eigenvalue weighted by molar-refractivity contribution is 6.86. The normalized spacial score (nSPS) is 11.3. The van der Waals surface area contributed by atoms with Crippen LogP contribution >= 0.6 is 0 Å². The lowest BCUT2D eigenvalue weighted by Crippen LogP contribution is -2.32. The predicted octanol–water partition coefficient (Wildman–Crippen LogP) is 4.90. The van der Waals surface area contributed by atoms with Crippen molar-refractivity contribution in [1.29, 1.82) is 5.26 Å². The second-order valence-corrected chi connectivity index (χ2v) is 8.99. The number of hydrogen-bond donors (Lipinski definition) is 0. The van der Waals surface area contributed by atoms with Gasteiger partial charge in [0.05, 0.1) is 0 Å². The molecule has 0 spiro atoms. The van der Waals surface area contributed by atoms with Gasteiger partial charge in [-0.2, -0.15) is 0 Å². The molecule has 0 fully saturated rings. The fraction of sp³-hybridized carbons (Fsp3) is 0.923. The van der Waals surface area contributed by atoms with Crippen LogP contribution in [0.15, 0.2) is 0 Å². The third-order valence-electron chi connectivity index (χ3n) is 3.26. The molecule has 2 heteroatoms. The van der Waals surface area contributed by atoms with E-state index in [1.54, 1.807) is 0 Å². The summed E-state index contributed by atoms with van der Waals surface area (Å²) in [6.07, 6.45) is 7.55. The molecule has 0 aliphatic carbocycles.